The number of pyridine rings is 2. The zero-order valence-corrected chi connectivity index (χ0v) is 19.1. The molecule has 0 aliphatic carbocycles. The van der Waals surface area contributed by atoms with Gasteiger partial charge in [-0.2, -0.15) is 0 Å². The summed E-state index contributed by atoms with van der Waals surface area (Å²) < 4.78 is 45.9. The first-order chi connectivity index (χ1) is 16.9. The van der Waals surface area contributed by atoms with E-state index in [1.807, 2.05) is 0 Å². The van der Waals surface area contributed by atoms with Crippen LogP contribution in [-0.4, -0.2) is 40.7 Å². The summed E-state index contributed by atoms with van der Waals surface area (Å²) in [5.41, 5.74) is 1.89. The molecule has 11 heteroatoms. The molecule has 3 aromatic heterocycles. The summed E-state index contributed by atoms with van der Waals surface area (Å²) >= 11 is 0. The average molecular weight is 492 g/mol. The van der Waals surface area contributed by atoms with Crippen LogP contribution in [0.4, 0.5) is 4.39 Å². The maximum atomic E-state index is 13.2. The Bertz CT molecular complexity index is 1650. The molecule has 0 atom stereocenters. The summed E-state index contributed by atoms with van der Waals surface area (Å²) in [6.07, 6.45) is 1.78. The number of nitrogens with zero attached hydrogens (tertiary/aromatic N) is 4. The van der Waals surface area contributed by atoms with Gasteiger partial charge >= 0.3 is 0 Å². The van der Waals surface area contributed by atoms with Gasteiger partial charge in [-0.3, -0.25) is 4.98 Å². The van der Waals surface area contributed by atoms with Crippen molar-refractivity contribution in [3.8, 4) is 28.6 Å². The van der Waals surface area contributed by atoms with E-state index in [9.17, 15) is 17.9 Å². The van der Waals surface area contributed by atoms with Crippen molar-refractivity contribution < 1.29 is 22.3 Å². The van der Waals surface area contributed by atoms with Crippen LogP contribution in [0, 0.1) is 5.82 Å². The van der Waals surface area contributed by atoms with Crippen LogP contribution in [0.1, 0.15) is 11.5 Å². The maximum absolute atomic E-state index is 13.2. The van der Waals surface area contributed by atoms with Crippen LogP contribution in [0.25, 0.3) is 33.7 Å². The molecule has 2 aromatic carbocycles. The Morgan fingerprint density at radius 2 is 1.83 bits per heavy atom. The molecule has 0 saturated heterocycles. The lowest BCUT2D eigenvalue weighted by Gasteiger charge is -2.11. The van der Waals surface area contributed by atoms with E-state index in [-0.39, 0.29) is 45.9 Å². The van der Waals surface area contributed by atoms with E-state index in [1.54, 1.807) is 36.4 Å². The monoisotopic (exact) mass is 491 g/mol. The molecule has 5 aromatic rings. The highest BCUT2D eigenvalue weighted by molar-refractivity contribution is 7.89. The first-order valence-electron chi connectivity index (χ1n) is 10.4. The SMILES string of the molecule is CNS(=O)(=O)c1cccc(-c2nc(-c3nnc(Cc4ccc(F)cc4)o3)c(O)c3ncccc23)c1. The summed E-state index contributed by atoms with van der Waals surface area (Å²) in [6, 6.07) is 15.6. The van der Waals surface area contributed by atoms with Crippen molar-refractivity contribution in [2.75, 3.05) is 7.05 Å². The van der Waals surface area contributed by atoms with Gasteiger partial charge in [-0.05, 0) is 49.0 Å². The van der Waals surface area contributed by atoms with Crippen molar-refractivity contribution >= 4 is 20.9 Å². The van der Waals surface area contributed by atoms with Gasteiger partial charge in [0.15, 0.2) is 11.4 Å². The van der Waals surface area contributed by atoms with Gasteiger partial charge in [0.25, 0.3) is 5.89 Å². The van der Waals surface area contributed by atoms with Crippen molar-refractivity contribution in [1.82, 2.24) is 24.9 Å². The molecule has 0 aliphatic heterocycles. The Balaban J connectivity index is 1.62. The fourth-order valence-electron chi connectivity index (χ4n) is 3.62. The Labute approximate surface area is 199 Å². The second-order valence-corrected chi connectivity index (χ2v) is 9.48. The first kappa shape index (κ1) is 22.6. The minimum absolute atomic E-state index is 0.00549. The molecule has 9 nitrogen and oxygen atoms in total. The average Bonchev–Trinajstić information content (AvgIpc) is 3.34. The molecule has 0 fully saturated rings. The van der Waals surface area contributed by atoms with Gasteiger partial charge < -0.3 is 9.52 Å². The van der Waals surface area contributed by atoms with E-state index in [0.29, 0.717) is 16.6 Å². The standard InChI is InChI=1S/C24H18FN5O4S/c1-26-35(32,33)17-5-2-4-15(13-17)20-18-6-3-11-27-21(18)23(31)22(28-20)24-30-29-19(34-24)12-14-7-9-16(25)10-8-14/h2-11,13,26,31H,12H2,1H3. The number of hydrogen-bond donors (Lipinski definition) is 2. The van der Waals surface area contributed by atoms with Crippen LogP contribution in [0.3, 0.4) is 0 Å². The van der Waals surface area contributed by atoms with Gasteiger partial charge in [-0.25, -0.2) is 22.5 Å². The first-order valence-corrected chi connectivity index (χ1v) is 11.9. The lowest BCUT2D eigenvalue weighted by Crippen LogP contribution is -2.18. The lowest BCUT2D eigenvalue weighted by molar-refractivity contribution is 0.471. The van der Waals surface area contributed by atoms with Gasteiger partial charge in [-0.1, -0.05) is 24.3 Å². The third-order valence-corrected chi connectivity index (χ3v) is 6.77. The molecular formula is C24H18FN5O4S. The normalized spacial score (nSPS) is 11.7. The molecular weight excluding hydrogens is 473 g/mol. The molecule has 2 N–H and O–H groups in total. The summed E-state index contributed by atoms with van der Waals surface area (Å²) in [4.78, 5) is 8.91. The third-order valence-electron chi connectivity index (χ3n) is 5.36. The molecule has 0 aliphatic rings. The Hall–Kier alpha value is -4.22. The number of aromatic hydroxyl groups is 1. The van der Waals surface area contributed by atoms with Crippen molar-refractivity contribution in [2.24, 2.45) is 0 Å². The van der Waals surface area contributed by atoms with E-state index >= 15 is 0 Å². The fraction of sp³-hybridized carbons (Fsp3) is 0.0833. The van der Waals surface area contributed by atoms with Crippen molar-refractivity contribution in [3.63, 3.8) is 0 Å². The molecule has 0 radical (unpaired) electrons. The van der Waals surface area contributed by atoms with E-state index < -0.39 is 10.0 Å². The molecule has 35 heavy (non-hydrogen) atoms. The van der Waals surface area contributed by atoms with Crippen LogP contribution < -0.4 is 4.72 Å². The zero-order valence-electron chi connectivity index (χ0n) is 18.3. The Morgan fingerprint density at radius 1 is 1.03 bits per heavy atom. The molecule has 3 heterocycles. The minimum atomic E-state index is -3.69. The van der Waals surface area contributed by atoms with Crippen LogP contribution in [0.15, 0.2) is 76.2 Å². The second-order valence-electron chi connectivity index (χ2n) is 7.60. The van der Waals surface area contributed by atoms with Gasteiger partial charge in [0, 0.05) is 17.1 Å². The summed E-state index contributed by atoms with van der Waals surface area (Å²) in [7, 11) is -2.36. The van der Waals surface area contributed by atoms with E-state index in [1.165, 1.54) is 37.5 Å². The maximum Gasteiger partial charge on any atom is 0.270 e. The Kier molecular flexibility index (Phi) is 5.71. The van der Waals surface area contributed by atoms with Crippen LogP contribution >= 0.6 is 0 Å². The highest BCUT2D eigenvalue weighted by atomic mass is 32.2. The highest BCUT2D eigenvalue weighted by Crippen LogP contribution is 2.38. The summed E-state index contributed by atoms with van der Waals surface area (Å²) in [5, 5.41) is 19.5. The van der Waals surface area contributed by atoms with Gasteiger partial charge in [-0.15, -0.1) is 10.2 Å². The van der Waals surface area contributed by atoms with Crippen LogP contribution in [-0.2, 0) is 16.4 Å². The van der Waals surface area contributed by atoms with Gasteiger partial charge in [0.05, 0.1) is 17.0 Å². The number of hydrogen-bond acceptors (Lipinski definition) is 8. The Morgan fingerprint density at radius 3 is 2.60 bits per heavy atom. The second kappa shape index (κ2) is 8.85. The molecule has 0 saturated carbocycles. The molecule has 0 spiro atoms. The number of sulfonamides is 1. The number of rotatable bonds is 6. The van der Waals surface area contributed by atoms with Crippen molar-refractivity contribution in [3.05, 3.63) is 84.1 Å². The molecule has 5 rings (SSSR count). The summed E-state index contributed by atoms with van der Waals surface area (Å²) in [5.74, 6) is -0.387. The topological polar surface area (TPSA) is 131 Å². The quantitative estimate of drug-likeness (QED) is 0.368. The van der Waals surface area contributed by atoms with Crippen LogP contribution in [0.5, 0.6) is 5.75 Å². The number of halogens is 1. The van der Waals surface area contributed by atoms with Crippen molar-refractivity contribution in [2.45, 2.75) is 11.3 Å². The number of fused-ring (bicyclic) bond motifs is 1. The van der Waals surface area contributed by atoms with Crippen LogP contribution in [0.2, 0.25) is 0 Å². The molecule has 0 unspecified atom stereocenters. The zero-order chi connectivity index (χ0) is 24.6. The number of aromatic nitrogens is 4. The lowest BCUT2D eigenvalue weighted by atomic mass is 10.1. The predicted octanol–water partition coefficient (Wildman–Crippen LogP) is 3.69. The number of nitrogens with one attached hydrogen (secondary N) is 1. The van der Waals surface area contributed by atoms with E-state index in [4.69, 9.17) is 4.42 Å². The highest BCUT2D eigenvalue weighted by Gasteiger charge is 2.22. The largest absolute Gasteiger partial charge is 0.504 e. The fourth-order valence-corrected chi connectivity index (χ4v) is 4.39. The summed E-state index contributed by atoms with van der Waals surface area (Å²) in [6.45, 7) is 0. The predicted molar refractivity (Wildman–Crippen MR) is 125 cm³/mol. The smallest absolute Gasteiger partial charge is 0.270 e. The minimum Gasteiger partial charge on any atom is -0.504 e. The van der Waals surface area contributed by atoms with Gasteiger partial charge in [0.2, 0.25) is 15.9 Å². The van der Waals surface area contributed by atoms with E-state index in [0.717, 1.165) is 5.56 Å². The number of benzene rings is 2. The van der Waals surface area contributed by atoms with Gasteiger partial charge in [0.1, 0.15) is 11.3 Å². The molecule has 0 bridgehead atoms. The molecule has 0 amide bonds. The third kappa shape index (κ3) is 4.34. The molecule has 176 valence electrons. The van der Waals surface area contributed by atoms with Crippen molar-refractivity contribution in [1.29, 1.82) is 0 Å². The van der Waals surface area contributed by atoms with E-state index in [2.05, 4.69) is 24.9 Å².